The van der Waals surface area contributed by atoms with Gasteiger partial charge in [0.25, 0.3) is 0 Å². The van der Waals surface area contributed by atoms with Gasteiger partial charge in [0.1, 0.15) is 0 Å². The zero-order valence-electron chi connectivity index (χ0n) is 6.54. The first-order valence-corrected chi connectivity index (χ1v) is 3.26. The average molecular weight is 138 g/mol. The van der Waals surface area contributed by atoms with Crippen molar-refractivity contribution in [2.24, 2.45) is 16.6 Å². The maximum Gasteiger partial charge on any atom is 0.0295 e. The van der Waals surface area contributed by atoms with E-state index in [0.29, 0.717) is 5.92 Å². The minimum Gasteiger partial charge on any atom is -0.405 e. The van der Waals surface area contributed by atoms with Crippen LogP contribution in [0.1, 0.15) is 13.8 Å². The molecular formula is C8H14N2. The fraction of sp³-hybridized carbons (Fsp3) is 0.375. The lowest BCUT2D eigenvalue weighted by atomic mass is 10.1. The van der Waals surface area contributed by atoms with E-state index in [1.54, 1.807) is 6.20 Å². The zero-order valence-corrected chi connectivity index (χ0v) is 6.54. The Morgan fingerprint density at radius 1 is 1.60 bits per heavy atom. The molecular weight excluding hydrogens is 124 g/mol. The zero-order chi connectivity index (χ0) is 7.98. The Bertz CT molecular complexity index is 155. The summed E-state index contributed by atoms with van der Waals surface area (Å²) in [5, 5.41) is 0. The van der Waals surface area contributed by atoms with Crippen LogP contribution in [0.25, 0.3) is 0 Å². The summed E-state index contributed by atoms with van der Waals surface area (Å²) in [4.78, 5) is 3.66. The number of nitrogens with two attached hydrogens (primary N) is 1. The highest BCUT2D eigenvalue weighted by Crippen LogP contribution is 2.09. The van der Waals surface area contributed by atoms with E-state index in [1.165, 1.54) is 6.20 Å². The Morgan fingerprint density at radius 3 is 2.50 bits per heavy atom. The Morgan fingerprint density at radius 2 is 2.20 bits per heavy atom. The van der Waals surface area contributed by atoms with Gasteiger partial charge in [-0.15, -0.1) is 0 Å². The van der Waals surface area contributed by atoms with Crippen LogP contribution in [0.4, 0.5) is 0 Å². The maximum absolute atomic E-state index is 5.21. The summed E-state index contributed by atoms with van der Waals surface area (Å²) in [6, 6.07) is 0. The lowest BCUT2D eigenvalue weighted by molar-refractivity contribution is 0.788. The fourth-order valence-electron chi connectivity index (χ4n) is 0.601. The molecule has 0 atom stereocenters. The van der Waals surface area contributed by atoms with Crippen molar-refractivity contribution >= 4 is 6.72 Å². The van der Waals surface area contributed by atoms with Gasteiger partial charge in [0.05, 0.1) is 0 Å². The summed E-state index contributed by atoms with van der Waals surface area (Å²) in [6.07, 6.45) is 5.06. The molecule has 0 bridgehead atoms. The van der Waals surface area contributed by atoms with Gasteiger partial charge >= 0.3 is 0 Å². The molecule has 0 aliphatic carbocycles. The van der Waals surface area contributed by atoms with Crippen molar-refractivity contribution in [3.05, 3.63) is 24.0 Å². The summed E-state index contributed by atoms with van der Waals surface area (Å²) in [5.41, 5.74) is 6.31. The van der Waals surface area contributed by atoms with Crippen LogP contribution in [-0.4, -0.2) is 6.72 Å². The largest absolute Gasteiger partial charge is 0.405 e. The predicted octanol–water partition coefficient (Wildman–Crippen LogP) is 1.70. The van der Waals surface area contributed by atoms with Crippen molar-refractivity contribution < 1.29 is 0 Å². The number of allylic oxidation sites excluding steroid dienone is 2. The van der Waals surface area contributed by atoms with Gasteiger partial charge in [-0.2, -0.15) is 0 Å². The van der Waals surface area contributed by atoms with Crippen molar-refractivity contribution in [1.82, 2.24) is 0 Å². The lowest BCUT2D eigenvalue weighted by Gasteiger charge is -2.02. The van der Waals surface area contributed by atoms with Crippen LogP contribution in [0, 0.1) is 5.92 Å². The van der Waals surface area contributed by atoms with Crippen LogP contribution >= 0.6 is 0 Å². The van der Waals surface area contributed by atoms with Crippen molar-refractivity contribution in [2.75, 3.05) is 0 Å². The van der Waals surface area contributed by atoms with Crippen molar-refractivity contribution in [1.29, 1.82) is 0 Å². The molecule has 0 unspecified atom stereocenters. The van der Waals surface area contributed by atoms with Crippen LogP contribution in [0.15, 0.2) is 29.0 Å². The van der Waals surface area contributed by atoms with Crippen LogP contribution < -0.4 is 5.73 Å². The molecule has 0 aliphatic heterocycles. The van der Waals surface area contributed by atoms with Crippen molar-refractivity contribution in [2.45, 2.75) is 13.8 Å². The molecule has 0 aromatic heterocycles. The molecule has 2 N–H and O–H groups in total. The Hall–Kier alpha value is -1.05. The molecule has 0 rings (SSSR count). The minimum absolute atomic E-state index is 0.449. The van der Waals surface area contributed by atoms with Gasteiger partial charge in [-0.05, 0) is 30.5 Å². The summed E-state index contributed by atoms with van der Waals surface area (Å²) >= 11 is 0. The van der Waals surface area contributed by atoms with Crippen LogP contribution in [0.3, 0.4) is 0 Å². The van der Waals surface area contributed by atoms with Crippen molar-refractivity contribution in [3.63, 3.8) is 0 Å². The second-order valence-corrected chi connectivity index (χ2v) is 2.33. The molecule has 0 aromatic carbocycles. The van der Waals surface area contributed by atoms with Crippen LogP contribution in [0.2, 0.25) is 0 Å². The molecule has 0 aliphatic rings. The number of nitrogens with zero attached hydrogens (tertiary/aromatic N) is 1. The van der Waals surface area contributed by atoms with Crippen molar-refractivity contribution in [3.8, 4) is 0 Å². The molecule has 0 heterocycles. The van der Waals surface area contributed by atoms with E-state index >= 15 is 0 Å². The molecule has 2 heteroatoms. The van der Waals surface area contributed by atoms with Gasteiger partial charge in [0, 0.05) is 6.20 Å². The Balaban J connectivity index is 4.25. The van der Waals surface area contributed by atoms with E-state index in [2.05, 4.69) is 25.6 Å². The average Bonchev–Trinajstić information content (AvgIpc) is 1.87. The SMILES string of the molecule is C=N/C=C(\C=C/N)C(C)C. The first-order chi connectivity index (χ1) is 4.72. The quantitative estimate of drug-likeness (QED) is 0.468. The van der Waals surface area contributed by atoms with Gasteiger partial charge in [0.2, 0.25) is 0 Å². The standard InChI is InChI=1S/C8H14N2/c1-7(2)8(4-5-9)6-10-3/h4-7H,3,9H2,1-2H3/b5-4-,8-6+. The van der Waals surface area contributed by atoms with E-state index in [4.69, 9.17) is 5.73 Å². The highest BCUT2D eigenvalue weighted by atomic mass is 14.6. The molecule has 0 radical (unpaired) electrons. The molecule has 56 valence electrons. The molecule has 10 heavy (non-hydrogen) atoms. The van der Waals surface area contributed by atoms with E-state index < -0.39 is 0 Å². The summed E-state index contributed by atoms with van der Waals surface area (Å²) in [5.74, 6) is 0.449. The number of rotatable bonds is 3. The number of aliphatic imine (C=N–C) groups is 1. The molecule has 0 fully saturated rings. The van der Waals surface area contributed by atoms with E-state index in [1.807, 2.05) is 6.08 Å². The van der Waals surface area contributed by atoms with Crippen LogP contribution in [0.5, 0.6) is 0 Å². The van der Waals surface area contributed by atoms with Gasteiger partial charge in [-0.3, -0.25) is 4.99 Å². The third kappa shape index (κ3) is 3.07. The predicted molar refractivity (Wildman–Crippen MR) is 45.8 cm³/mol. The summed E-state index contributed by atoms with van der Waals surface area (Å²) in [6.45, 7) is 7.52. The van der Waals surface area contributed by atoms with E-state index in [0.717, 1.165) is 5.57 Å². The van der Waals surface area contributed by atoms with Gasteiger partial charge < -0.3 is 5.73 Å². The molecule has 2 nitrogen and oxygen atoms in total. The second-order valence-electron chi connectivity index (χ2n) is 2.33. The monoisotopic (exact) mass is 138 g/mol. The Labute approximate surface area is 62.1 Å². The first kappa shape index (κ1) is 8.95. The molecule has 0 amide bonds. The lowest BCUT2D eigenvalue weighted by Crippen LogP contribution is -1.91. The van der Waals surface area contributed by atoms with Gasteiger partial charge in [-0.1, -0.05) is 13.8 Å². The second kappa shape index (κ2) is 4.79. The fourth-order valence-corrected chi connectivity index (χ4v) is 0.601. The molecule has 0 saturated carbocycles. The number of hydrogen-bond donors (Lipinski definition) is 1. The number of hydrogen-bond acceptors (Lipinski definition) is 2. The third-order valence-corrected chi connectivity index (χ3v) is 1.20. The highest BCUT2D eigenvalue weighted by Gasteiger charge is 1.96. The minimum atomic E-state index is 0.449. The van der Waals surface area contributed by atoms with Gasteiger partial charge in [0.15, 0.2) is 0 Å². The smallest absolute Gasteiger partial charge is 0.0295 e. The summed E-state index contributed by atoms with van der Waals surface area (Å²) in [7, 11) is 0. The maximum atomic E-state index is 5.21. The van der Waals surface area contributed by atoms with Crippen LogP contribution in [-0.2, 0) is 0 Å². The molecule has 0 aromatic rings. The molecule has 0 saturated heterocycles. The first-order valence-electron chi connectivity index (χ1n) is 3.26. The topological polar surface area (TPSA) is 38.4 Å². The highest BCUT2D eigenvalue weighted by molar-refractivity contribution is 5.29. The normalized spacial score (nSPS) is 12.9. The van der Waals surface area contributed by atoms with Gasteiger partial charge in [-0.25, -0.2) is 0 Å². The van der Waals surface area contributed by atoms with E-state index in [-0.39, 0.29) is 0 Å². The molecule has 0 spiro atoms. The Kier molecular flexibility index (Phi) is 4.29. The summed E-state index contributed by atoms with van der Waals surface area (Å²) < 4.78 is 0. The van der Waals surface area contributed by atoms with E-state index in [9.17, 15) is 0 Å². The third-order valence-electron chi connectivity index (χ3n) is 1.20.